The molecule has 3 atom stereocenters. The molecule has 3 heterocycles. The lowest BCUT2D eigenvalue weighted by molar-refractivity contribution is -0.122. The van der Waals surface area contributed by atoms with Crippen molar-refractivity contribution in [3.05, 3.63) is 18.6 Å². The Morgan fingerprint density at radius 2 is 2.40 bits per heavy atom. The molecule has 2 fully saturated rings. The molecule has 2 aromatic rings. The number of nitrogens with zero attached hydrogens (tertiary/aromatic N) is 4. The molecule has 1 N–H and O–H groups in total. The number of piperidine rings is 1. The summed E-state index contributed by atoms with van der Waals surface area (Å²) in [6, 6.07) is 4.05. The van der Waals surface area contributed by atoms with Crippen LogP contribution in [0.4, 0.5) is 5.82 Å². The fourth-order valence-electron chi connectivity index (χ4n) is 4.94. The van der Waals surface area contributed by atoms with E-state index in [1.807, 2.05) is 18.3 Å². The molecule has 0 aromatic carbocycles. The fraction of sp³-hybridized carbons (Fsp3) is 0.579. The number of anilines is 1. The van der Waals surface area contributed by atoms with E-state index in [9.17, 15) is 4.79 Å². The number of fused-ring (bicyclic) bond motifs is 1. The van der Waals surface area contributed by atoms with Crippen molar-refractivity contribution in [2.75, 3.05) is 18.0 Å². The molecule has 130 valence electrons. The maximum Gasteiger partial charge on any atom is 0.150 e. The van der Waals surface area contributed by atoms with Crippen LogP contribution in [0.25, 0.3) is 11.0 Å². The largest absolute Gasteiger partial charge is 0.355 e. The maximum atomic E-state index is 12.2. The van der Waals surface area contributed by atoms with Crippen molar-refractivity contribution in [3.63, 3.8) is 0 Å². The second-order valence-corrected chi connectivity index (χ2v) is 7.66. The molecule has 0 bridgehead atoms. The van der Waals surface area contributed by atoms with E-state index in [2.05, 4.69) is 26.8 Å². The van der Waals surface area contributed by atoms with E-state index in [1.54, 1.807) is 6.33 Å². The number of carbonyl (C=O) groups excluding carboxylic acids is 1. The van der Waals surface area contributed by atoms with Crippen molar-refractivity contribution in [2.45, 2.75) is 39.0 Å². The number of aromatic amines is 1. The number of Topliss-reactive ketones (excluding diaryl/α,β-unsaturated/α-hetero) is 1. The summed E-state index contributed by atoms with van der Waals surface area (Å²) < 4.78 is 0. The van der Waals surface area contributed by atoms with Gasteiger partial charge in [0.15, 0.2) is 0 Å². The topological polar surface area (TPSA) is 85.7 Å². The van der Waals surface area contributed by atoms with Crippen LogP contribution in [-0.4, -0.2) is 33.8 Å². The molecule has 6 heteroatoms. The van der Waals surface area contributed by atoms with Gasteiger partial charge < -0.3 is 9.88 Å². The van der Waals surface area contributed by atoms with E-state index in [0.29, 0.717) is 5.92 Å². The van der Waals surface area contributed by atoms with Crippen LogP contribution < -0.4 is 4.90 Å². The first-order valence-corrected chi connectivity index (χ1v) is 9.06. The average molecular weight is 337 g/mol. The van der Waals surface area contributed by atoms with E-state index in [-0.39, 0.29) is 23.5 Å². The number of aromatic nitrogens is 3. The third kappa shape index (κ3) is 2.68. The molecule has 0 radical (unpaired) electrons. The predicted octanol–water partition coefficient (Wildman–Crippen LogP) is 3.07. The lowest BCUT2D eigenvalue weighted by Crippen LogP contribution is -2.45. The number of nitriles is 1. The normalized spacial score (nSPS) is 29.2. The zero-order chi connectivity index (χ0) is 17.4. The molecule has 4 rings (SSSR count). The molecule has 1 saturated heterocycles. The van der Waals surface area contributed by atoms with Gasteiger partial charge in [-0.15, -0.1) is 0 Å². The van der Waals surface area contributed by atoms with Crippen molar-refractivity contribution in [1.29, 1.82) is 5.26 Å². The molecule has 1 saturated carbocycles. The highest BCUT2D eigenvalue weighted by molar-refractivity contribution is 5.87. The first-order chi connectivity index (χ1) is 12.1. The Kier molecular flexibility index (Phi) is 3.95. The molecule has 2 aromatic heterocycles. The van der Waals surface area contributed by atoms with Gasteiger partial charge in [-0.3, -0.25) is 4.79 Å². The minimum Gasteiger partial charge on any atom is -0.355 e. The highest BCUT2D eigenvalue weighted by Gasteiger charge is 2.49. The van der Waals surface area contributed by atoms with Gasteiger partial charge in [0.05, 0.1) is 17.9 Å². The first kappa shape index (κ1) is 16.1. The molecule has 1 spiro atoms. The molecule has 1 aliphatic carbocycles. The third-order valence-corrected chi connectivity index (χ3v) is 6.29. The molecule has 6 nitrogen and oxygen atoms in total. The molecule has 25 heavy (non-hydrogen) atoms. The minimum atomic E-state index is 0.0484. The van der Waals surface area contributed by atoms with E-state index in [1.165, 1.54) is 0 Å². The van der Waals surface area contributed by atoms with Crippen LogP contribution in [0.3, 0.4) is 0 Å². The Morgan fingerprint density at radius 3 is 3.24 bits per heavy atom. The summed E-state index contributed by atoms with van der Waals surface area (Å²) in [5.74, 6) is 1.65. The lowest BCUT2D eigenvalue weighted by atomic mass is 9.72. The van der Waals surface area contributed by atoms with Crippen molar-refractivity contribution < 1.29 is 4.79 Å². The Hall–Kier alpha value is -2.42. The Morgan fingerprint density at radius 1 is 1.52 bits per heavy atom. The number of hydrogen-bond acceptors (Lipinski definition) is 5. The maximum absolute atomic E-state index is 12.2. The van der Waals surface area contributed by atoms with Crippen LogP contribution in [0, 0.1) is 28.6 Å². The van der Waals surface area contributed by atoms with Crippen molar-refractivity contribution >= 4 is 22.6 Å². The van der Waals surface area contributed by atoms with E-state index < -0.39 is 0 Å². The number of ketones is 1. The Bertz CT molecular complexity index is 838. The predicted molar refractivity (Wildman–Crippen MR) is 94.9 cm³/mol. The number of rotatable bonds is 3. The summed E-state index contributed by atoms with van der Waals surface area (Å²) in [7, 11) is 0. The number of H-pyrrole nitrogens is 1. The second kappa shape index (κ2) is 6.14. The van der Waals surface area contributed by atoms with Gasteiger partial charge in [0.1, 0.15) is 23.6 Å². The van der Waals surface area contributed by atoms with Gasteiger partial charge in [-0.1, -0.05) is 6.92 Å². The van der Waals surface area contributed by atoms with E-state index >= 15 is 0 Å². The van der Waals surface area contributed by atoms with E-state index in [0.717, 1.165) is 55.6 Å². The quantitative estimate of drug-likeness (QED) is 0.930. The lowest BCUT2D eigenvalue weighted by Gasteiger charge is -2.44. The van der Waals surface area contributed by atoms with Gasteiger partial charge in [-0.05, 0) is 43.1 Å². The number of carbonyl (C=O) groups is 1. The van der Waals surface area contributed by atoms with Gasteiger partial charge in [-0.25, -0.2) is 9.97 Å². The molecule has 1 aliphatic heterocycles. The van der Waals surface area contributed by atoms with Crippen molar-refractivity contribution in [2.24, 2.45) is 17.3 Å². The number of nitrogens with one attached hydrogen (secondary N) is 1. The summed E-state index contributed by atoms with van der Waals surface area (Å²) in [6.07, 6.45) is 7.66. The van der Waals surface area contributed by atoms with Gasteiger partial charge in [0.2, 0.25) is 0 Å². The highest BCUT2D eigenvalue weighted by Crippen LogP contribution is 2.52. The van der Waals surface area contributed by atoms with Gasteiger partial charge in [0.25, 0.3) is 0 Å². The Labute approximate surface area is 147 Å². The van der Waals surface area contributed by atoms with Gasteiger partial charge >= 0.3 is 0 Å². The summed E-state index contributed by atoms with van der Waals surface area (Å²) in [4.78, 5) is 26.6. The zero-order valence-corrected chi connectivity index (χ0v) is 14.5. The standard InChI is InChI=1S/C19H23N5O/c1-13-9-14(16(25)3-6-20)10-19(13)5-2-8-24(11-19)18-15-4-7-21-17(15)22-12-23-18/h4,7,12-14H,2-3,5,8-11H2,1H3,(H,21,22,23). The summed E-state index contributed by atoms with van der Waals surface area (Å²) in [5.41, 5.74) is 1.02. The first-order valence-electron chi connectivity index (χ1n) is 9.06. The minimum absolute atomic E-state index is 0.0484. The zero-order valence-electron chi connectivity index (χ0n) is 14.5. The summed E-state index contributed by atoms with van der Waals surface area (Å²) >= 11 is 0. The highest BCUT2D eigenvalue weighted by atomic mass is 16.1. The second-order valence-electron chi connectivity index (χ2n) is 7.66. The Balaban J connectivity index is 1.60. The molecular weight excluding hydrogens is 314 g/mol. The van der Waals surface area contributed by atoms with Crippen LogP contribution in [0.5, 0.6) is 0 Å². The van der Waals surface area contributed by atoms with Crippen LogP contribution in [0.15, 0.2) is 18.6 Å². The molecular formula is C19H23N5O. The number of hydrogen-bond donors (Lipinski definition) is 1. The average Bonchev–Trinajstić information content (AvgIpc) is 3.21. The molecule has 0 amide bonds. The van der Waals surface area contributed by atoms with Crippen molar-refractivity contribution in [1.82, 2.24) is 15.0 Å². The van der Waals surface area contributed by atoms with Crippen LogP contribution in [-0.2, 0) is 4.79 Å². The monoisotopic (exact) mass is 337 g/mol. The third-order valence-electron chi connectivity index (χ3n) is 6.29. The van der Waals surface area contributed by atoms with Gasteiger partial charge in [0, 0.05) is 25.2 Å². The van der Waals surface area contributed by atoms with Crippen LogP contribution >= 0.6 is 0 Å². The summed E-state index contributed by atoms with van der Waals surface area (Å²) in [6.45, 7) is 4.19. The SMILES string of the molecule is CC1CC(C(=O)CC#N)CC12CCCN(c1ncnc3[nH]ccc13)C2. The fourth-order valence-corrected chi connectivity index (χ4v) is 4.94. The molecule has 2 aliphatic rings. The van der Waals surface area contributed by atoms with Crippen molar-refractivity contribution in [3.8, 4) is 6.07 Å². The van der Waals surface area contributed by atoms with Crippen LogP contribution in [0.2, 0.25) is 0 Å². The smallest absolute Gasteiger partial charge is 0.150 e. The summed E-state index contributed by atoms with van der Waals surface area (Å²) in [5, 5.41) is 9.90. The van der Waals surface area contributed by atoms with E-state index in [4.69, 9.17) is 5.26 Å². The van der Waals surface area contributed by atoms with Gasteiger partial charge in [-0.2, -0.15) is 5.26 Å². The molecule has 3 unspecified atom stereocenters. The van der Waals surface area contributed by atoms with Crippen LogP contribution in [0.1, 0.15) is 39.0 Å².